The largest absolute Gasteiger partial charge is 0.363 e. The van der Waals surface area contributed by atoms with Gasteiger partial charge in [-0.15, -0.1) is 0 Å². The lowest BCUT2D eigenvalue weighted by Crippen LogP contribution is -2.18. The van der Waals surface area contributed by atoms with Crippen molar-refractivity contribution >= 4 is 49.9 Å². The standard InChI is InChI=1S/C33H25ClN2/c34-23-15-12-22(13-16-23)30-20-33(35-31-10-4-3-8-28(30)31)36-32-11-5-9-25-27-17-14-21-6-1-2-7-24(21)26(27)18-19-29(25)32/h1-4,6-8,10,12-20,32H,5,9,11H2,(H,35,36). The van der Waals surface area contributed by atoms with E-state index in [4.69, 9.17) is 16.6 Å². The van der Waals surface area contributed by atoms with E-state index in [0.717, 1.165) is 46.6 Å². The number of nitrogens with zero attached hydrogens (tertiary/aromatic N) is 1. The van der Waals surface area contributed by atoms with Crippen LogP contribution in [0.5, 0.6) is 0 Å². The molecule has 0 bridgehead atoms. The number of anilines is 1. The molecule has 0 radical (unpaired) electrons. The Morgan fingerprint density at radius 2 is 1.50 bits per heavy atom. The second kappa shape index (κ2) is 8.65. The van der Waals surface area contributed by atoms with Crippen LogP contribution in [0.3, 0.4) is 0 Å². The van der Waals surface area contributed by atoms with Crippen LogP contribution >= 0.6 is 11.6 Å². The second-order valence-corrected chi connectivity index (χ2v) is 10.1. The van der Waals surface area contributed by atoms with Crippen LogP contribution in [0.25, 0.3) is 43.6 Å². The molecular formula is C33H25ClN2. The number of benzene rings is 5. The van der Waals surface area contributed by atoms with Crippen molar-refractivity contribution in [1.82, 2.24) is 4.98 Å². The Balaban J connectivity index is 1.32. The molecular weight excluding hydrogens is 460 g/mol. The van der Waals surface area contributed by atoms with Crippen molar-refractivity contribution in [2.75, 3.05) is 5.32 Å². The Hall–Kier alpha value is -3.88. The lowest BCUT2D eigenvalue weighted by Gasteiger charge is -2.28. The van der Waals surface area contributed by atoms with E-state index in [1.807, 2.05) is 12.1 Å². The molecule has 3 heteroatoms. The molecule has 1 heterocycles. The minimum Gasteiger partial charge on any atom is -0.363 e. The molecule has 0 spiro atoms. The highest BCUT2D eigenvalue weighted by Gasteiger charge is 2.23. The van der Waals surface area contributed by atoms with Gasteiger partial charge in [-0.2, -0.15) is 0 Å². The Labute approximate surface area is 215 Å². The monoisotopic (exact) mass is 484 g/mol. The molecule has 1 unspecified atom stereocenters. The summed E-state index contributed by atoms with van der Waals surface area (Å²) in [5.41, 5.74) is 6.17. The summed E-state index contributed by atoms with van der Waals surface area (Å²) < 4.78 is 0. The molecule has 0 saturated carbocycles. The fourth-order valence-electron chi connectivity index (χ4n) is 5.86. The molecule has 6 aromatic rings. The van der Waals surface area contributed by atoms with Gasteiger partial charge in [-0.3, -0.25) is 0 Å². The van der Waals surface area contributed by atoms with Crippen molar-refractivity contribution < 1.29 is 0 Å². The van der Waals surface area contributed by atoms with E-state index in [1.54, 1.807) is 0 Å². The van der Waals surface area contributed by atoms with Gasteiger partial charge >= 0.3 is 0 Å². The first-order chi connectivity index (χ1) is 17.7. The number of fused-ring (bicyclic) bond motifs is 6. The summed E-state index contributed by atoms with van der Waals surface area (Å²) in [5.74, 6) is 0.912. The molecule has 7 rings (SSSR count). The smallest absolute Gasteiger partial charge is 0.127 e. The molecule has 1 aliphatic carbocycles. The number of aromatic nitrogens is 1. The van der Waals surface area contributed by atoms with Crippen LogP contribution in [-0.2, 0) is 6.42 Å². The minimum absolute atomic E-state index is 0.233. The zero-order chi connectivity index (χ0) is 24.1. The van der Waals surface area contributed by atoms with Gasteiger partial charge in [0.1, 0.15) is 5.82 Å². The highest BCUT2D eigenvalue weighted by atomic mass is 35.5. The fourth-order valence-corrected chi connectivity index (χ4v) is 5.98. The maximum Gasteiger partial charge on any atom is 0.127 e. The van der Waals surface area contributed by atoms with E-state index < -0.39 is 0 Å². The number of nitrogens with one attached hydrogen (secondary N) is 1. The number of halogens is 1. The molecule has 0 amide bonds. The zero-order valence-corrected chi connectivity index (χ0v) is 20.6. The highest BCUT2D eigenvalue weighted by molar-refractivity contribution is 6.30. The number of aryl methyl sites for hydroxylation is 1. The summed E-state index contributed by atoms with van der Waals surface area (Å²) >= 11 is 6.17. The van der Waals surface area contributed by atoms with Gasteiger partial charge in [-0.1, -0.05) is 90.5 Å². The third-order valence-corrected chi connectivity index (χ3v) is 7.81. The van der Waals surface area contributed by atoms with Crippen molar-refractivity contribution in [1.29, 1.82) is 0 Å². The van der Waals surface area contributed by atoms with Crippen LogP contribution in [-0.4, -0.2) is 4.98 Å². The van der Waals surface area contributed by atoms with Crippen molar-refractivity contribution in [3.8, 4) is 11.1 Å². The molecule has 5 aromatic carbocycles. The van der Waals surface area contributed by atoms with Gasteiger partial charge in [-0.05, 0) is 87.3 Å². The van der Waals surface area contributed by atoms with Crippen LogP contribution in [0.15, 0.2) is 103 Å². The van der Waals surface area contributed by atoms with Gasteiger partial charge in [0, 0.05) is 10.4 Å². The third kappa shape index (κ3) is 3.61. The maximum absolute atomic E-state index is 6.17. The Morgan fingerprint density at radius 1 is 0.722 bits per heavy atom. The number of pyridine rings is 1. The Kier molecular flexibility index (Phi) is 5.15. The number of hydrogen-bond donors (Lipinski definition) is 1. The molecule has 1 aliphatic rings. The van der Waals surface area contributed by atoms with E-state index in [-0.39, 0.29) is 6.04 Å². The summed E-state index contributed by atoms with van der Waals surface area (Å²) in [5, 5.41) is 11.1. The summed E-state index contributed by atoms with van der Waals surface area (Å²) in [6.07, 6.45) is 3.37. The van der Waals surface area contributed by atoms with Gasteiger partial charge in [0.25, 0.3) is 0 Å². The minimum atomic E-state index is 0.233. The van der Waals surface area contributed by atoms with E-state index in [0.29, 0.717) is 0 Å². The number of para-hydroxylation sites is 1. The highest BCUT2D eigenvalue weighted by Crippen LogP contribution is 2.39. The molecule has 0 saturated heterocycles. The molecule has 0 aliphatic heterocycles. The van der Waals surface area contributed by atoms with Crippen LogP contribution in [0.2, 0.25) is 5.02 Å². The van der Waals surface area contributed by atoms with E-state index in [1.165, 1.54) is 38.2 Å². The Morgan fingerprint density at radius 3 is 2.39 bits per heavy atom. The SMILES string of the molecule is Clc1ccc(-c2cc(NC3CCCc4c3ccc3c4ccc4ccccc43)nc3ccccc23)cc1. The maximum atomic E-state index is 6.17. The van der Waals surface area contributed by atoms with E-state index >= 15 is 0 Å². The second-order valence-electron chi connectivity index (χ2n) is 9.68. The van der Waals surface area contributed by atoms with Crippen molar-refractivity contribution in [3.63, 3.8) is 0 Å². The summed E-state index contributed by atoms with van der Waals surface area (Å²) in [7, 11) is 0. The first kappa shape index (κ1) is 21.4. The zero-order valence-electron chi connectivity index (χ0n) is 19.8. The summed E-state index contributed by atoms with van der Waals surface area (Å²) in [6.45, 7) is 0. The third-order valence-electron chi connectivity index (χ3n) is 7.56. The van der Waals surface area contributed by atoms with Crippen molar-refractivity contribution in [3.05, 3.63) is 119 Å². The average molecular weight is 485 g/mol. The molecule has 2 nitrogen and oxygen atoms in total. The fraction of sp³-hybridized carbons (Fsp3) is 0.121. The first-order valence-electron chi connectivity index (χ1n) is 12.6. The van der Waals surface area contributed by atoms with Gasteiger partial charge in [0.2, 0.25) is 0 Å². The predicted octanol–water partition coefficient (Wildman–Crippen LogP) is 9.35. The van der Waals surface area contributed by atoms with Crippen molar-refractivity contribution in [2.45, 2.75) is 25.3 Å². The molecule has 174 valence electrons. The normalized spacial score (nSPS) is 15.3. The Bertz CT molecular complexity index is 1750. The summed E-state index contributed by atoms with van der Waals surface area (Å²) in [6, 6.07) is 36.7. The molecule has 36 heavy (non-hydrogen) atoms. The van der Waals surface area contributed by atoms with Gasteiger partial charge in [-0.25, -0.2) is 4.98 Å². The summed E-state index contributed by atoms with van der Waals surface area (Å²) in [4.78, 5) is 5.01. The lowest BCUT2D eigenvalue weighted by molar-refractivity contribution is 0.602. The van der Waals surface area contributed by atoms with Gasteiger partial charge in [0.05, 0.1) is 11.6 Å². The van der Waals surface area contributed by atoms with Gasteiger partial charge < -0.3 is 5.32 Å². The number of rotatable bonds is 3. The van der Waals surface area contributed by atoms with Gasteiger partial charge in [0.15, 0.2) is 0 Å². The van der Waals surface area contributed by atoms with Crippen LogP contribution in [0.1, 0.15) is 30.0 Å². The van der Waals surface area contributed by atoms with E-state index in [9.17, 15) is 0 Å². The quantitative estimate of drug-likeness (QED) is 0.253. The molecule has 1 N–H and O–H groups in total. The van der Waals surface area contributed by atoms with Crippen LogP contribution in [0, 0.1) is 0 Å². The molecule has 0 fully saturated rings. The molecule has 1 atom stereocenters. The predicted molar refractivity (Wildman–Crippen MR) is 153 cm³/mol. The molecule has 1 aromatic heterocycles. The van der Waals surface area contributed by atoms with Crippen LogP contribution in [0.4, 0.5) is 5.82 Å². The average Bonchev–Trinajstić information content (AvgIpc) is 2.93. The number of hydrogen-bond acceptors (Lipinski definition) is 2. The van der Waals surface area contributed by atoms with Crippen LogP contribution < -0.4 is 5.32 Å². The van der Waals surface area contributed by atoms with Crippen molar-refractivity contribution in [2.24, 2.45) is 0 Å². The first-order valence-corrected chi connectivity index (χ1v) is 13.0. The lowest BCUT2D eigenvalue weighted by atomic mass is 9.83. The van der Waals surface area contributed by atoms with E-state index in [2.05, 4.69) is 96.3 Å². The topological polar surface area (TPSA) is 24.9 Å².